The number of para-hydroxylation sites is 2. The molecule has 1 aromatic carbocycles. The first-order valence-corrected chi connectivity index (χ1v) is 7.17. The van der Waals surface area contributed by atoms with Gasteiger partial charge in [-0.05, 0) is 23.8 Å². The molecule has 0 spiro atoms. The van der Waals surface area contributed by atoms with Gasteiger partial charge in [0.25, 0.3) is 0 Å². The van der Waals surface area contributed by atoms with E-state index in [1.54, 1.807) is 22.3 Å². The van der Waals surface area contributed by atoms with Gasteiger partial charge in [0, 0.05) is 30.4 Å². The summed E-state index contributed by atoms with van der Waals surface area (Å²) in [5.41, 5.74) is 2.75. The lowest BCUT2D eigenvalue weighted by atomic mass is 10.2. The van der Waals surface area contributed by atoms with Crippen molar-refractivity contribution in [2.24, 2.45) is 0 Å². The van der Waals surface area contributed by atoms with E-state index in [2.05, 4.69) is 10.4 Å². The molecule has 0 aliphatic carbocycles. The van der Waals surface area contributed by atoms with Crippen molar-refractivity contribution < 1.29 is 4.92 Å². The van der Waals surface area contributed by atoms with Gasteiger partial charge < -0.3 is 5.32 Å². The molecule has 21 heavy (non-hydrogen) atoms. The van der Waals surface area contributed by atoms with E-state index in [0.717, 1.165) is 28.3 Å². The molecule has 2 heterocycles. The number of rotatable bonds is 5. The van der Waals surface area contributed by atoms with Crippen LogP contribution in [0.5, 0.6) is 0 Å². The zero-order chi connectivity index (χ0) is 14.7. The minimum absolute atomic E-state index is 0.159. The zero-order valence-electron chi connectivity index (χ0n) is 11.0. The fraction of sp³-hybridized carbons (Fsp3) is 0.0714. The largest absolute Gasteiger partial charge is 0.379 e. The van der Waals surface area contributed by atoms with Crippen LogP contribution in [0.1, 0.15) is 5.56 Å². The van der Waals surface area contributed by atoms with Crippen molar-refractivity contribution in [3.63, 3.8) is 0 Å². The molecule has 2 aromatic heterocycles. The lowest BCUT2D eigenvalue weighted by molar-refractivity contribution is -0.380. The average molecular weight is 300 g/mol. The molecule has 0 atom stereocenters. The van der Waals surface area contributed by atoms with Crippen molar-refractivity contribution in [1.29, 1.82) is 0 Å². The van der Waals surface area contributed by atoms with Crippen molar-refractivity contribution >= 4 is 22.0 Å². The molecule has 0 aliphatic heterocycles. The molecule has 6 nitrogen and oxygen atoms in total. The monoisotopic (exact) mass is 300 g/mol. The Morgan fingerprint density at radius 3 is 2.90 bits per heavy atom. The molecule has 3 aromatic rings. The Labute approximate surface area is 124 Å². The summed E-state index contributed by atoms with van der Waals surface area (Å²) < 4.78 is 1.78. The Hall–Kier alpha value is -2.67. The van der Waals surface area contributed by atoms with E-state index >= 15 is 0 Å². The maximum Gasteiger partial charge on any atom is 0.324 e. The number of nitrogens with one attached hydrogen (secondary N) is 1. The summed E-state index contributed by atoms with van der Waals surface area (Å²) >= 11 is 1.14. The van der Waals surface area contributed by atoms with Crippen LogP contribution in [0, 0.1) is 10.1 Å². The Morgan fingerprint density at radius 1 is 1.33 bits per heavy atom. The van der Waals surface area contributed by atoms with E-state index < -0.39 is 0 Å². The summed E-state index contributed by atoms with van der Waals surface area (Å²) in [4.78, 5) is 10.3. The SMILES string of the molecule is O=[N+]([O-])c1cc(CNc2ccccc2-n2cccn2)cs1. The molecule has 0 fully saturated rings. The number of nitrogens with zero attached hydrogens (tertiary/aromatic N) is 3. The highest BCUT2D eigenvalue weighted by atomic mass is 32.1. The van der Waals surface area contributed by atoms with Crippen LogP contribution in [0.2, 0.25) is 0 Å². The van der Waals surface area contributed by atoms with E-state index in [1.807, 2.05) is 36.5 Å². The van der Waals surface area contributed by atoms with E-state index in [1.165, 1.54) is 0 Å². The quantitative estimate of drug-likeness (QED) is 0.578. The standard InChI is InChI=1S/C14H12N4O2S/c19-18(20)14-8-11(10-21-14)9-15-12-4-1-2-5-13(12)17-7-3-6-16-17/h1-8,10,15H,9H2. The third-order valence-electron chi connectivity index (χ3n) is 2.96. The Balaban J connectivity index is 1.77. The fourth-order valence-corrected chi connectivity index (χ4v) is 2.71. The smallest absolute Gasteiger partial charge is 0.324 e. The third kappa shape index (κ3) is 2.92. The lowest BCUT2D eigenvalue weighted by Gasteiger charge is -2.11. The van der Waals surface area contributed by atoms with Crippen molar-refractivity contribution in [2.75, 3.05) is 5.32 Å². The van der Waals surface area contributed by atoms with Crippen LogP contribution >= 0.6 is 11.3 Å². The van der Waals surface area contributed by atoms with Crippen LogP contribution < -0.4 is 5.32 Å². The molecule has 1 N–H and O–H groups in total. The van der Waals surface area contributed by atoms with Gasteiger partial charge in [-0.3, -0.25) is 10.1 Å². The van der Waals surface area contributed by atoms with Crippen LogP contribution in [0.3, 0.4) is 0 Å². The van der Waals surface area contributed by atoms with Gasteiger partial charge in [0.05, 0.1) is 16.3 Å². The lowest BCUT2D eigenvalue weighted by Crippen LogP contribution is -2.04. The molecule has 0 saturated carbocycles. The summed E-state index contributed by atoms with van der Waals surface area (Å²) in [6.07, 6.45) is 3.59. The van der Waals surface area contributed by atoms with Gasteiger partial charge in [-0.15, -0.1) is 0 Å². The molecule has 0 saturated heterocycles. The predicted octanol–water partition coefficient (Wildman–Crippen LogP) is 3.45. The van der Waals surface area contributed by atoms with Crippen molar-refractivity contribution in [3.8, 4) is 5.69 Å². The second-order valence-electron chi connectivity index (χ2n) is 4.37. The summed E-state index contributed by atoms with van der Waals surface area (Å²) in [6.45, 7) is 0.530. The molecular weight excluding hydrogens is 288 g/mol. The van der Waals surface area contributed by atoms with Crippen LogP contribution in [0.15, 0.2) is 54.2 Å². The van der Waals surface area contributed by atoms with E-state index in [-0.39, 0.29) is 9.92 Å². The minimum Gasteiger partial charge on any atom is -0.379 e. The maximum absolute atomic E-state index is 10.7. The molecule has 0 aliphatic rings. The number of nitro groups is 1. The van der Waals surface area contributed by atoms with E-state index in [4.69, 9.17) is 0 Å². The fourth-order valence-electron chi connectivity index (χ4n) is 1.98. The number of hydrogen-bond donors (Lipinski definition) is 1. The molecule has 0 amide bonds. The Bertz CT molecular complexity index is 752. The second-order valence-corrected chi connectivity index (χ2v) is 5.26. The highest BCUT2D eigenvalue weighted by molar-refractivity contribution is 7.13. The first kappa shape index (κ1) is 13.3. The average Bonchev–Trinajstić information content (AvgIpc) is 3.17. The van der Waals surface area contributed by atoms with E-state index in [0.29, 0.717) is 6.54 Å². The summed E-state index contributed by atoms with van der Waals surface area (Å²) in [7, 11) is 0. The van der Waals surface area contributed by atoms with Gasteiger partial charge in [-0.25, -0.2) is 4.68 Å². The van der Waals surface area contributed by atoms with Crippen LogP contribution in [-0.2, 0) is 6.54 Å². The second kappa shape index (κ2) is 5.76. The third-order valence-corrected chi connectivity index (χ3v) is 3.89. The first-order valence-electron chi connectivity index (χ1n) is 6.29. The maximum atomic E-state index is 10.7. The molecule has 7 heteroatoms. The molecule has 106 valence electrons. The van der Waals surface area contributed by atoms with Gasteiger partial charge in [0.15, 0.2) is 0 Å². The number of hydrogen-bond acceptors (Lipinski definition) is 5. The minimum atomic E-state index is -0.369. The highest BCUT2D eigenvalue weighted by Crippen LogP contribution is 2.24. The van der Waals surface area contributed by atoms with Crippen molar-refractivity contribution in [1.82, 2.24) is 9.78 Å². The first-order chi connectivity index (χ1) is 10.2. The van der Waals surface area contributed by atoms with Crippen LogP contribution in [0.4, 0.5) is 10.7 Å². The Morgan fingerprint density at radius 2 is 2.19 bits per heavy atom. The zero-order valence-corrected chi connectivity index (χ0v) is 11.8. The topological polar surface area (TPSA) is 73.0 Å². The molecule has 0 unspecified atom stereocenters. The molecule has 0 bridgehead atoms. The predicted molar refractivity (Wildman–Crippen MR) is 81.9 cm³/mol. The summed E-state index contributed by atoms with van der Waals surface area (Å²) in [5.74, 6) is 0. The number of anilines is 1. The van der Waals surface area contributed by atoms with Gasteiger partial charge in [0.1, 0.15) is 0 Å². The van der Waals surface area contributed by atoms with Crippen LogP contribution in [0.25, 0.3) is 5.69 Å². The van der Waals surface area contributed by atoms with Gasteiger partial charge in [-0.1, -0.05) is 23.5 Å². The number of benzene rings is 1. The van der Waals surface area contributed by atoms with Gasteiger partial charge in [-0.2, -0.15) is 5.10 Å². The number of aromatic nitrogens is 2. The van der Waals surface area contributed by atoms with Crippen molar-refractivity contribution in [3.05, 3.63) is 69.8 Å². The summed E-state index contributed by atoms with van der Waals surface area (Å²) in [6, 6.07) is 11.2. The van der Waals surface area contributed by atoms with Crippen LogP contribution in [-0.4, -0.2) is 14.7 Å². The van der Waals surface area contributed by atoms with Gasteiger partial charge in [0.2, 0.25) is 0 Å². The Kier molecular flexibility index (Phi) is 3.65. The van der Waals surface area contributed by atoms with Crippen molar-refractivity contribution in [2.45, 2.75) is 6.54 Å². The molecule has 0 radical (unpaired) electrons. The van der Waals surface area contributed by atoms with E-state index in [9.17, 15) is 10.1 Å². The summed E-state index contributed by atoms with van der Waals surface area (Å²) in [5, 5.41) is 20.1. The normalized spacial score (nSPS) is 10.5. The molecular formula is C14H12N4O2S. The van der Waals surface area contributed by atoms with Gasteiger partial charge >= 0.3 is 5.00 Å². The molecule has 3 rings (SSSR count). The highest BCUT2D eigenvalue weighted by Gasteiger charge is 2.10. The number of thiophene rings is 1.